The number of aromatic nitrogens is 2. The Kier molecular flexibility index (Phi) is 2.83. The summed E-state index contributed by atoms with van der Waals surface area (Å²) < 4.78 is 5.05. The number of carbonyl (C=O) groups is 1. The van der Waals surface area contributed by atoms with Gasteiger partial charge in [0.05, 0.1) is 6.42 Å². The predicted molar refractivity (Wildman–Crippen MR) is 70.8 cm³/mol. The molecule has 2 heterocycles. The Morgan fingerprint density at radius 1 is 1.35 bits per heavy atom. The molecule has 0 bridgehead atoms. The van der Waals surface area contributed by atoms with Crippen LogP contribution in [0.25, 0.3) is 10.9 Å². The van der Waals surface area contributed by atoms with Gasteiger partial charge < -0.3 is 14.5 Å². The van der Waals surface area contributed by atoms with Crippen molar-refractivity contribution in [2.45, 2.75) is 6.42 Å². The van der Waals surface area contributed by atoms with Crippen LogP contribution in [0.1, 0.15) is 21.9 Å². The van der Waals surface area contributed by atoms with Crippen molar-refractivity contribution in [3.63, 3.8) is 0 Å². The summed E-state index contributed by atoms with van der Waals surface area (Å²) in [5.74, 6) is -0.962. The summed E-state index contributed by atoms with van der Waals surface area (Å²) in [6, 6.07) is 9.16. The molecular weight excluding hydrogens is 260 g/mol. The highest BCUT2D eigenvalue weighted by Crippen LogP contribution is 2.13. The minimum Gasteiger partial charge on any atom is -0.476 e. The molecule has 0 unspecified atom stereocenters. The minimum atomic E-state index is -1.16. The topological polar surface area (TPSA) is 96.2 Å². The van der Waals surface area contributed by atoms with Gasteiger partial charge in [0.1, 0.15) is 6.26 Å². The van der Waals surface area contributed by atoms with E-state index in [0.717, 1.165) is 17.2 Å². The van der Waals surface area contributed by atoms with Gasteiger partial charge in [-0.1, -0.05) is 18.2 Å². The Hall–Kier alpha value is -2.89. The number of aromatic amines is 1. The van der Waals surface area contributed by atoms with Gasteiger partial charge in [-0.05, 0) is 17.5 Å². The maximum absolute atomic E-state index is 11.9. The molecule has 20 heavy (non-hydrogen) atoms. The highest BCUT2D eigenvalue weighted by Gasteiger charge is 2.12. The number of pyridine rings is 1. The van der Waals surface area contributed by atoms with Gasteiger partial charge in [0.15, 0.2) is 11.6 Å². The Labute approximate surface area is 112 Å². The van der Waals surface area contributed by atoms with E-state index in [0.29, 0.717) is 5.56 Å². The number of oxazole rings is 1. The highest BCUT2D eigenvalue weighted by molar-refractivity contribution is 5.84. The molecule has 2 aromatic heterocycles. The summed E-state index contributed by atoms with van der Waals surface area (Å²) in [5.41, 5.74) is 0.818. The third-order valence-electron chi connectivity index (χ3n) is 2.94. The highest BCUT2D eigenvalue weighted by atomic mass is 16.4. The van der Waals surface area contributed by atoms with E-state index in [1.807, 2.05) is 24.3 Å². The number of carboxylic acid groups (broad SMARTS) is 1. The first-order valence-corrected chi connectivity index (χ1v) is 5.92. The minimum absolute atomic E-state index is 0.146. The normalized spacial score (nSPS) is 10.8. The number of H-pyrrole nitrogens is 1. The number of benzene rings is 1. The molecule has 2 N–H and O–H groups in total. The lowest BCUT2D eigenvalue weighted by molar-refractivity contribution is 0.0690. The van der Waals surface area contributed by atoms with Crippen molar-refractivity contribution in [1.29, 1.82) is 0 Å². The van der Waals surface area contributed by atoms with Gasteiger partial charge in [-0.3, -0.25) is 4.79 Å². The summed E-state index contributed by atoms with van der Waals surface area (Å²) in [4.78, 5) is 29.2. The zero-order valence-corrected chi connectivity index (χ0v) is 10.3. The summed E-state index contributed by atoms with van der Waals surface area (Å²) in [6.45, 7) is 0. The number of fused-ring (bicyclic) bond motifs is 1. The number of carboxylic acids is 1. The van der Waals surface area contributed by atoms with Crippen molar-refractivity contribution < 1.29 is 14.3 Å². The van der Waals surface area contributed by atoms with Gasteiger partial charge >= 0.3 is 5.97 Å². The zero-order chi connectivity index (χ0) is 14.1. The molecule has 0 radical (unpaired) electrons. The van der Waals surface area contributed by atoms with Crippen LogP contribution >= 0.6 is 0 Å². The van der Waals surface area contributed by atoms with E-state index in [-0.39, 0.29) is 23.6 Å². The molecule has 0 aliphatic rings. The fraction of sp³-hybridized carbons (Fsp3) is 0.0714. The van der Waals surface area contributed by atoms with Crippen molar-refractivity contribution in [2.24, 2.45) is 0 Å². The second-order valence-electron chi connectivity index (χ2n) is 4.32. The number of hydrogen-bond donors (Lipinski definition) is 2. The summed E-state index contributed by atoms with van der Waals surface area (Å²) in [6.07, 6.45) is 1.21. The monoisotopic (exact) mass is 270 g/mol. The van der Waals surface area contributed by atoms with Crippen LogP contribution in [0, 0.1) is 0 Å². The molecule has 0 aliphatic carbocycles. The van der Waals surface area contributed by atoms with E-state index < -0.39 is 5.97 Å². The van der Waals surface area contributed by atoms with Crippen LogP contribution in [0.3, 0.4) is 0 Å². The standard InChI is InChI=1S/C14H10N2O4/c17-13-9(5-8-3-1-2-4-10(8)16-13)6-12-15-11(7-20-12)14(18)19/h1-5,7H,6H2,(H,16,17)(H,18,19). The first-order chi connectivity index (χ1) is 9.63. The van der Waals surface area contributed by atoms with Gasteiger partial charge in [0.2, 0.25) is 0 Å². The van der Waals surface area contributed by atoms with Gasteiger partial charge in [-0.2, -0.15) is 0 Å². The van der Waals surface area contributed by atoms with Crippen LogP contribution in [0.5, 0.6) is 0 Å². The van der Waals surface area contributed by atoms with Crippen LogP contribution in [0.15, 0.2) is 45.8 Å². The summed E-state index contributed by atoms with van der Waals surface area (Å²) in [7, 11) is 0. The maximum Gasteiger partial charge on any atom is 0.357 e. The van der Waals surface area contributed by atoms with Crippen LogP contribution in [-0.2, 0) is 6.42 Å². The smallest absolute Gasteiger partial charge is 0.357 e. The lowest BCUT2D eigenvalue weighted by Crippen LogP contribution is -2.12. The van der Waals surface area contributed by atoms with E-state index in [4.69, 9.17) is 9.52 Å². The number of aromatic carboxylic acids is 1. The molecule has 0 atom stereocenters. The van der Waals surface area contributed by atoms with Gasteiger partial charge in [-0.25, -0.2) is 9.78 Å². The molecule has 1 aromatic carbocycles. The Morgan fingerprint density at radius 2 is 2.15 bits per heavy atom. The predicted octanol–water partition coefficient (Wildman–Crippen LogP) is 1.81. The van der Waals surface area contributed by atoms with Crippen LogP contribution in [-0.4, -0.2) is 21.0 Å². The van der Waals surface area contributed by atoms with Crippen molar-refractivity contribution in [3.8, 4) is 0 Å². The molecule has 3 aromatic rings. The Balaban J connectivity index is 1.99. The number of nitrogens with one attached hydrogen (secondary N) is 1. The first kappa shape index (κ1) is 12.2. The van der Waals surface area contributed by atoms with E-state index in [9.17, 15) is 9.59 Å². The fourth-order valence-corrected chi connectivity index (χ4v) is 1.98. The zero-order valence-electron chi connectivity index (χ0n) is 10.3. The lowest BCUT2D eigenvalue weighted by atomic mass is 10.1. The summed E-state index contributed by atoms with van der Waals surface area (Å²) in [5, 5.41) is 9.67. The molecule has 100 valence electrons. The average Bonchev–Trinajstić information content (AvgIpc) is 2.88. The van der Waals surface area contributed by atoms with Gasteiger partial charge in [-0.15, -0.1) is 0 Å². The SMILES string of the molecule is O=C(O)c1coc(Cc2cc3ccccc3[nH]c2=O)n1. The number of para-hydroxylation sites is 1. The van der Waals surface area contributed by atoms with E-state index in [1.54, 1.807) is 6.07 Å². The molecule has 0 saturated heterocycles. The molecule has 3 rings (SSSR count). The first-order valence-electron chi connectivity index (χ1n) is 5.92. The molecule has 0 aliphatic heterocycles. The maximum atomic E-state index is 11.9. The molecule has 0 amide bonds. The lowest BCUT2D eigenvalue weighted by Gasteiger charge is -2.00. The second kappa shape index (κ2) is 4.65. The number of nitrogens with zero attached hydrogens (tertiary/aromatic N) is 1. The third-order valence-corrected chi connectivity index (χ3v) is 2.94. The molecule has 0 saturated carbocycles. The van der Waals surface area contributed by atoms with Crippen LogP contribution in [0.2, 0.25) is 0 Å². The molecule has 0 spiro atoms. The molecule has 6 nitrogen and oxygen atoms in total. The number of hydrogen-bond acceptors (Lipinski definition) is 4. The van der Waals surface area contributed by atoms with Crippen LogP contribution in [0.4, 0.5) is 0 Å². The molecule has 6 heteroatoms. The quantitative estimate of drug-likeness (QED) is 0.756. The molecule has 0 fully saturated rings. The number of rotatable bonds is 3. The van der Waals surface area contributed by atoms with Crippen molar-refractivity contribution in [2.75, 3.05) is 0 Å². The third kappa shape index (κ3) is 2.18. The fourth-order valence-electron chi connectivity index (χ4n) is 1.98. The van der Waals surface area contributed by atoms with Crippen molar-refractivity contribution >= 4 is 16.9 Å². The van der Waals surface area contributed by atoms with E-state index >= 15 is 0 Å². The van der Waals surface area contributed by atoms with E-state index in [1.165, 1.54) is 0 Å². The van der Waals surface area contributed by atoms with Crippen molar-refractivity contribution in [1.82, 2.24) is 9.97 Å². The summed E-state index contributed by atoms with van der Waals surface area (Å²) >= 11 is 0. The second-order valence-corrected chi connectivity index (χ2v) is 4.32. The van der Waals surface area contributed by atoms with Gasteiger partial charge in [0, 0.05) is 11.1 Å². The van der Waals surface area contributed by atoms with Crippen molar-refractivity contribution in [3.05, 3.63) is 64.1 Å². The van der Waals surface area contributed by atoms with E-state index in [2.05, 4.69) is 9.97 Å². The average molecular weight is 270 g/mol. The van der Waals surface area contributed by atoms with Gasteiger partial charge in [0.25, 0.3) is 5.56 Å². The largest absolute Gasteiger partial charge is 0.476 e. The Morgan fingerprint density at radius 3 is 2.90 bits per heavy atom. The van der Waals surface area contributed by atoms with Crippen LogP contribution < -0.4 is 5.56 Å². The molecular formula is C14H10N2O4. The Bertz CT molecular complexity index is 848.